The molecule has 0 atom stereocenters. The van der Waals surface area contributed by atoms with Gasteiger partial charge in [-0.15, -0.1) is 0 Å². The van der Waals surface area contributed by atoms with Gasteiger partial charge >= 0.3 is 0 Å². The number of hydrogen-bond donors (Lipinski definition) is 0. The first-order valence-electron chi connectivity index (χ1n) is 40.1. The molecular formula is C110H66N8S2. The number of fused-ring (bicyclic) bond motifs is 19. The second kappa shape index (κ2) is 29.5. The second-order valence-corrected chi connectivity index (χ2v) is 32.5. The second-order valence-electron chi connectivity index (χ2n) is 30.3. The minimum atomic E-state index is -0.585. The molecule has 23 rings (SSSR count). The topological polar surface area (TPSA) is 125 Å². The van der Waals surface area contributed by atoms with Crippen molar-refractivity contribution >= 4 is 34.3 Å². The van der Waals surface area contributed by atoms with Gasteiger partial charge in [0.25, 0.3) is 0 Å². The highest BCUT2D eigenvalue weighted by molar-refractivity contribution is 7.99. The Bertz CT molecular complexity index is 7240. The lowest BCUT2D eigenvalue weighted by Gasteiger charge is -2.39. The van der Waals surface area contributed by atoms with E-state index in [9.17, 15) is 10.5 Å². The summed E-state index contributed by atoms with van der Waals surface area (Å²) < 4.78 is 0. The van der Waals surface area contributed by atoms with Gasteiger partial charge in [-0.3, -0.25) is 0 Å². The van der Waals surface area contributed by atoms with E-state index in [-0.39, 0.29) is 0 Å². The molecule has 2 aliphatic heterocycles. The summed E-state index contributed by atoms with van der Waals surface area (Å²) >= 11 is 3.67. The summed E-state index contributed by atoms with van der Waals surface area (Å²) in [7, 11) is 0. The Balaban J connectivity index is 0.000000144. The fourth-order valence-electron chi connectivity index (χ4n) is 18.8. The van der Waals surface area contributed by atoms with Crippen LogP contribution in [-0.4, -0.2) is 29.9 Å². The fourth-order valence-corrected chi connectivity index (χ4v) is 21.2. The number of benzene rings is 17. The Kier molecular flexibility index (Phi) is 17.5. The van der Waals surface area contributed by atoms with Crippen LogP contribution >= 0.6 is 23.5 Å². The number of nitriles is 2. The van der Waals surface area contributed by atoms with Crippen LogP contribution in [0.4, 0.5) is 0 Å². The van der Waals surface area contributed by atoms with E-state index < -0.39 is 10.8 Å². The molecule has 17 aromatic carbocycles. The van der Waals surface area contributed by atoms with Crippen molar-refractivity contribution in [3.63, 3.8) is 0 Å². The summed E-state index contributed by atoms with van der Waals surface area (Å²) in [6.07, 6.45) is 0. The van der Waals surface area contributed by atoms with E-state index in [1.807, 2.05) is 169 Å². The zero-order chi connectivity index (χ0) is 79.8. The molecule has 19 aromatic rings. The maximum absolute atomic E-state index is 10.6. The van der Waals surface area contributed by atoms with Crippen molar-refractivity contribution in [3.8, 4) is 147 Å². The van der Waals surface area contributed by atoms with Crippen molar-refractivity contribution in [1.82, 2.24) is 29.9 Å². The molecule has 10 heteroatoms. The number of hydrogen-bond acceptors (Lipinski definition) is 10. The van der Waals surface area contributed by atoms with Crippen molar-refractivity contribution in [3.05, 3.63) is 456 Å². The smallest absolute Gasteiger partial charge is 0.164 e. The lowest BCUT2D eigenvalue weighted by Crippen LogP contribution is -2.31. The lowest BCUT2D eigenvalue weighted by atomic mass is 9.67. The van der Waals surface area contributed by atoms with Crippen LogP contribution in [0.1, 0.15) is 55.6 Å². The molecule has 2 spiro atoms. The van der Waals surface area contributed by atoms with Gasteiger partial charge in [-0.1, -0.05) is 375 Å². The number of nitrogens with zero attached hydrogens (tertiary/aromatic N) is 8. The van der Waals surface area contributed by atoms with Gasteiger partial charge in [-0.2, -0.15) is 10.5 Å². The first-order valence-corrected chi connectivity index (χ1v) is 41.7. The normalized spacial score (nSPS) is 12.9. The average molecular weight is 1560 g/mol. The molecule has 0 unspecified atom stereocenters. The van der Waals surface area contributed by atoms with Gasteiger partial charge in [-0.05, 0) is 160 Å². The zero-order valence-corrected chi connectivity index (χ0v) is 66.1. The van der Waals surface area contributed by atoms with Crippen molar-refractivity contribution in [2.45, 2.75) is 30.4 Å². The van der Waals surface area contributed by atoms with Gasteiger partial charge in [0.2, 0.25) is 0 Å². The van der Waals surface area contributed by atoms with Crippen LogP contribution in [0.5, 0.6) is 0 Å². The predicted molar refractivity (Wildman–Crippen MR) is 484 cm³/mol. The van der Waals surface area contributed by atoms with Crippen LogP contribution in [0.25, 0.3) is 146 Å². The molecular weight excluding hydrogens is 1500 g/mol. The zero-order valence-electron chi connectivity index (χ0n) is 64.5. The molecule has 120 heavy (non-hydrogen) atoms. The Hall–Kier alpha value is -15.3. The highest BCUT2D eigenvalue weighted by Crippen LogP contribution is 2.67. The minimum Gasteiger partial charge on any atom is -0.208 e. The van der Waals surface area contributed by atoms with Gasteiger partial charge in [0.05, 0.1) is 34.1 Å². The first kappa shape index (κ1) is 71.3. The van der Waals surface area contributed by atoms with Gasteiger partial charge in [0.1, 0.15) is 0 Å². The molecule has 0 radical (unpaired) electrons. The number of aromatic nitrogens is 6. The van der Waals surface area contributed by atoms with E-state index in [2.05, 4.69) is 267 Å². The maximum Gasteiger partial charge on any atom is 0.164 e. The molecule has 4 aliphatic rings. The van der Waals surface area contributed by atoms with Gasteiger partial charge in [0.15, 0.2) is 34.9 Å². The van der Waals surface area contributed by atoms with Gasteiger partial charge in [0, 0.05) is 63.9 Å². The van der Waals surface area contributed by atoms with Crippen LogP contribution in [0.2, 0.25) is 0 Å². The van der Waals surface area contributed by atoms with E-state index in [1.165, 1.54) is 69.7 Å². The summed E-state index contributed by atoms with van der Waals surface area (Å²) in [5.41, 5.74) is 29.0. The fraction of sp³-hybridized carbons (Fsp3) is 0.0182. The lowest BCUT2D eigenvalue weighted by molar-refractivity contribution is 0.722. The standard InChI is InChI=1S/C57H34N4S.C53H32N4S/c58-35-40-32-33-44(43-23-8-7-22-41(40)43)45-25-15-29-49-53(45)52-42(24-14-28-48(52)57(49)46-26-9-11-30-50(46)62-51-31-12-10-27-47(51)57)38-20-13-21-39(34-38)56-60-54(36-16-3-1-4-17-36)59-55(61-56)37-18-5-2-6-19-37;54-33-40-20-12-24-44-48(40)49-41(21-13-25-45(49)53(44)42-22-7-9-26-46(42)58-47-27-10-8-23-43(47)53)35-30-28-34(29-31-35)38-18-11-19-39(32-38)52-56-50(36-14-3-1-4-15-36)55-51(57-52)37-16-5-2-6-17-37/h1-34H;1-32H. The summed E-state index contributed by atoms with van der Waals surface area (Å²) in [5, 5.41) is 22.8. The Morgan fingerprint density at radius 3 is 0.933 bits per heavy atom. The highest BCUT2D eigenvalue weighted by atomic mass is 32.2. The monoisotopic (exact) mass is 1560 g/mol. The summed E-state index contributed by atoms with van der Waals surface area (Å²) in [6.45, 7) is 0. The van der Waals surface area contributed by atoms with Crippen LogP contribution in [0, 0.1) is 22.7 Å². The molecule has 0 amide bonds. The van der Waals surface area contributed by atoms with Crippen LogP contribution in [0.3, 0.4) is 0 Å². The van der Waals surface area contributed by atoms with E-state index in [0.29, 0.717) is 46.1 Å². The van der Waals surface area contributed by atoms with Crippen LogP contribution in [0.15, 0.2) is 420 Å². The molecule has 0 N–H and O–H groups in total. The Labute approximate surface area is 703 Å². The third-order valence-electron chi connectivity index (χ3n) is 23.9. The third kappa shape index (κ3) is 11.6. The van der Waals surface area contributed by atoms with Gasteiger partial charge in [-0.25, -0.2) is 29.9 Å². The van der Waals surface area contributed by atoms with Crippen molar-refractivity contribution in [1.29, 1.82) is 10.5 Å². The maximum atomic E-state index is 10.6. The summed E-state index contributed by atoms with van der Waals surface area (Å²) in [6, 6.07) is 146. The van der Waals surface area contributed by atoms with Crippen molar-refractivity contribution < 1.29 is 0 Å². The quantitative estimate of drug-likeness (QED) is 0.131. The predicted octanol–water partition coefficient (Wildman–Crippen LogP) is 27.0. The van der Waals surface area contributed by atoms with E-state index in [4.69, 9.17) is 29.9 Å². The molecule has 0 saturated carbocycles. The number of rotatable bonds is 10. The largest absolute Gasteiger partial charge is 0.208 e. The average Bonchev–Trinajstić information content (AvgIpc) is 1.52. The molecule has 0 saturated heterocycles. The first-order chi connectivity index (χ1) is 59.4. The van der Waals surface area contributed by atoms with Crippen molar-refractivity contribution in [2.24, 2.45) is 0 Å². The summed E-state index contributed by atoms with van der Waals surface area (Å²) in [4.78, 5) is 35.0. The van der Waals surface area contributed by atoms with E-state index in [0.717, 1.165) is 105 Å². The molecule has 2 aromatic heterocycles. The van der Waals surface area contributed by atoms with E-state index >= 15 is 0 Å². The van der Waals surface area contributed by atoms with Crippen molar-refractivity contribution in [2.75, 3.05) is 0 Å². The van der Waals surface area contributed by atoms with E-state index in [1.54, 1.807) is 0 Å². The third-order valence-corrected chi connectivity index (χ3v) is 26.2. The molecule has 8 nitrogen and oxygen atoms in total. The van der Waals surface area contributed by atoms with Crippen LogP contribution in [-0.2, 0) is 10.8 Å². The molecule has 4 heterocycles. The van der Waals surface area contributed by atoms with Crippen LogP contribution < -0.4 is 0 Å². The Morgan fingerprint density at radius 2 is 0.492 bits per heavy atom. The molecule has 0 bridgehead atoms. The molecule has 558 valence electrons. The Morgan fingerprint density at radius 1 is 0.192 bits per heavy atom. The summed E-state index contributed by atoms with van der Waals surface area (Å²) in [5.74, 6) is 3.76. The van der Waals surface area contributed by atoms with Gasteiger partial charge < -0.3 is 0 Å². The minimum absolute atomic E-state index is 0.553. The highest BCUT2D eigenvalue weighted by Gasteiger charge is 2.53. The SMILES string of the molecule is N#Cc1ccc(-c2cccc3c2-c2c(-c4cccc(-c5nc(-c6ccccc6)nc(-c6ccccc6)n5)c4)cccc2C32c3ccccc3Sc3ccccc32)c2ccccc12.N#Cc1cccc2c1-c1c(-c3ccc(-c4cccc(-c5nc(-c6ccccc6)nc(-c6ccccc6)n5)c4)cc3)cccc1C21c2ccccc2Sc2ccccc21. The molecule has 0 fully saturated rings. The molecule has 2 aliphatic carbocycles.